The van der Waals surface area contributed by atoms with Gasteiger partial charge in [0.1, 0.15) is 17.4 Å². The summed E-state index contributed by atoms with van der Waals surface area (Å²) in [6.07, 6.45) is 0.683. The van der Waals surface area contributed by atoms with Crippen LogP contribution in [-0.2, 0) is 5.16 Å². The lowest BCUT2D eigenvalue weighted by molar-refractivity contribution is 0.459. The van der Waals surface area contributed by atoms with E-state index in [4.69, 9.17) is 0 Å². The number of hydrogen-bond acceptors (Lipinski definition) is 1. The van der Waals surface area contributed by atoms with Crippen molar-refractivity contribution in [3.05, 3.63) is 108 Å². The molecule has 4 aromatic carbocycles. The highest BCUT2D eigenvalue weighted by Gasteiger charge is 2.31. The van der Waals surface area contributed by atoms with Crippen molar-refractivity contribution in [2.24, 2.45) is 0 Å². The first kappa shape index (κ1) is 22.2. The monoisotopic (exact) mass is 446 g/mol. The van der Waals surface area contributed by atoms with E-state index in [1.807, 2.05) is 86.6 Å². The molecule has 0 saturated carbocycles. The van der Waals surface area contributed by atoms with Crippen LogP contribution >= 0.6 is 8.58 Å². The summed E-state index contributed by atoms with van der Waals surface area (Å²) >= 11 is 0. The molecule has 2 atom stereocenters. The third kappa shape index (κ3) is 4.45. The molecule has 2 unspecified atom stereocenters. The second-order valence-corrected chi connectivity index (χ2v) is 9.98. The standard InChI is InChI=1S/C28H25F2OP/c1-3-28(2,32-26-15-14-22(29)18-25(26)30)24-17-21(19-10-6-4-7-11-19)16-23(27(24)31)20-12-8-5-9-13-20/h4-18,31-32H,3H2,1-2H3. The molecule has 0 aliphatic carbocycles. The topological polar surface area (TPSA) is 20.2 Å². The Balaban J connectivity index is 1.91. The molecule has 0 aliphatic heterocycles. The summed E-state index contributed by atoms with van der Waals surface area (Å²) < 4.78 is 28.0. The van der Waals surface area contributed by atoms with Crippen LogP contribution in [0.2, 0.25) is 0 Å². The molecule has 0 radical (unpaired) electrons. The normalized spacial score (nSPS) is 13.4. The van der Waals surface area contributed by atoms with E-state index >= 15 is 0 Å². The van der Waals surface area contributed by atoms with Gasteiger partial charge in [-0.1, -0.05) is 83.1 Å². The van der Waals surface area contributed by atoms with Gasteiger partial charge in [-0.25, -0.2) is 8.78 Å². The van der Waals surface area contributed by atoms with Crippen LogP contribution in [-0.4, -0.2) is 5.11 Å². The van der Waals surface area contributed by atoms with Crippen LogP contribution in [0.15, 0.2) is 91.0 Å². The number of benzene rings is 4. The molecule has 1 nitrogen and oxygen atoms in total. The third-order valence-electron chi connectivity index (χ3n) is 5.95. The van der Waals surface area contributed by atoms with Crippen molar-refractivity contribution < 1.29 is 13.9 Å². The minimum Gasteiger partial charge on any atom is -0.507 e. The van der Waals surface area contributed by atoms with Crippen LogP contribution in [0, 0.1) is 11.6 Å². The van der Waals surface area contributed by atoms with Gasteiger partial charge in [-0.15, -0.1) is 0 Å². The highest BCUT2D eigenvalue weighted by Crippen LogP contribution is 2.51. The first-order chi connectivity index (χ1) is 15.4. The fraction of sp³-hybridized carbons (Fsp3) is 0.143. The second-order valence-electron chi connectivity index (χ2n) is 8.09. The zero-order chi connectivity index (χ0) is 22.7. The predicted molar refractivity (Wildman–Crippen MR) is 131 cm³/mol. The largest absolute Gasteiger partial charge is 0.507 e. The van der Waals surface area contributed by atoms with E-state index in [2.05, 4.69) is 0 Å². The Kier molecular flexibility index (Phi) is 6.39. The average molecular weight is 446 g/mol. The van der Waals surface area contributed by atoms with Gasteiger partial charge in [0.2, 0.25) is 0 Å². The van der Waals surface area contributed by atoms with E-state index in [0.29, 0.717) is 11.7 Å². The summed E-state index contributed by atoms with van der Waals surface area (Å²) in [6, 6.07) is 27.5. The Hall–Kier alpha value is -3.03. The summed E-state index contributed by atoms with van der Waals surface area (Å²) in [6.45, 7) is 4.07. The van der Waals surface area contributed by atoms with Gasteiger partial charge in [0.15, 0.2) is 0 Å². The molecular weight excluding hydrogens is 421 g/mol. The maximum Gasteiger partial charge on any atom is 0.133 e. The number of hydrogen-bond donors (Lipinski definition) is 1. The molecule has 0 fully saturated rings. The Bertz CT molecular complexity index is 1230. The van der Waals surface area contributed by atoms with Crippen LogP contribution in [0.5, 0.6) is 5.75 Å². The summed E-state index contributed by atoms with van der Waals surface area (Å²) in [5, 5.41) is 11.4. The van der Waals surface area contributed by atoms with Gasteiger partial charge in [-0.05, 0) is 47.4 Å². The zero-order valence-electron chi connectivity index (χ0n) is 18.1. The summed E-state index contributed by atoms with van der Waals surface area (Å²) in [5.74, 6) is -0.935. The number of halogens is 2. The van der Waals surface area contributed by atoms with Crippen LogP contribution in [0.4, 0.5) is 8.78 Å². The number of phenols is 1. The number of aromatic hydroxyl groups is 1. The van der Waals surface area contributed by atoms with Crippen molar-refractivity contribution in [1.29, 1.82) is 0 Å². The molecule has 0 bridgehead atoms. The Morgan fingerprint density at radius 1 is 0.781 bits per heavy atom. The third-order valence-corrected chi connectivity index (χ3v) is 7.79. The van der Waals surface area contributed by atoms with Crippen molar-refractivity contribution in [3.63, 3.8) is 0 Å². The van der Waals surface area contributed by atoms with Gasteiger partial charge in [-0.3, -0.25) is 0 Å². The highest BCUT2D eigenvalue weighted by atomic mass is 31.1. The molecule has 0 amide bonds. The average Bonchev–Trinajstić information content (AvgIpc) is 2.82. The summed E-state index contributed by atoms with van der Waals surface area (Å²) in [5.41, 5.74) is 4.45. The predicted octanol–water partition coefficient (Wildman–Crippen LogP) is 7.63. The van der Waals surface area contributed by atoms with Gasteiger partial charge in [0.05, 0.1) is 0 Å². The maximum atomic E-state index is 14.5. The first-order valence-electron chi connectivity index (χ1n) is 10.6. The van der Waals surface area contributed by atoms with Crippen molar-refractivity contribution in [2.45, 2.75) is 25.4 Å². The fourth-order valence-corrected chi connectivity index (χ4v) is 5.38. The first-order valence-corrected chi connectivity index (χ1v) is 11.6. The van der Waals surface area contributed by atoms with E-state index in [9.17, 15) is 13.9 Å². The number of rotatable bonds is 6. The lowest BCUT2D eigenvalue weighted by Gasteiger charge is -2.31. The molecule has 0 spiro atoms. The smallest absolute Gasteiger partial charge is 0.133 e. The van der Waals surface area contributed by atoms with Crippen molar-refractivity contribution in [2.75, 3.05) is 0 Å². The van der Waals surface area contributed by atoms with E-state index < -0.39 is 16.8 Å². The Labute approximate surface area is 189 Å². The molecule has 0 aromatic heterocycles. The quantitative estimate of drug-likeness (QED) is 0.302. The summed E-state index contributed by atoms with van der Waals surface area (Å²) in [7, 11) is 0.0240. The molecule has 0 saturated heterocycles. The zero-order valence-corrected chi connectivity index (χ0v) is 19.1. The molecular formula is C28H25F2OP. The van der Waals surface area contributed by atoms with Gasteiger partial charge in [-0.2, -0.15) is 0 Å². The van der Waals surface area contributed by atoms with Crippen molar-refractivity contribution in [3.8, 4) is 28.0 Å². The molecule has 32 heavy (non-hydrogen) atoms. The molecule has 0 heterocycles. The van der Waals surface area contributed by atoms with Crippen molar-refractivity contribution in [1.82, 2.24) is 0 Å². The van der Waals surface area contributed by atoms with Crippen LogP contribution in [0.1, 0.15) is 25.8 Å². The number of phenolic OH excluding ortho intramolecular Hbond substituents is 1. The molecule has 4 aromatic rings. The SMILES string of the molecule is CCC(C)(Pc1ccc(F)cc1F)c1cc(-c2ccccc2)cc(-c2ccccc2)c1O. The molecule has 0 aliphatic rings. The van der Waals surface area contributed by atoms with Gasteiger partial charge in [0, 0.05) is 27.7 Å². The lowest BCUT2D eigenvalue weighted by Crippen LogP contribution is -2.20. The lowest BCUT2D eigenvalue weighted by atomic mass is 9.88. The van der Waals surface area contributed by atoms with E-state index in [1.165, 1.54) is 12.1 Å². The summed E-state index contributed by atoms with van der Waals surface area (Å²) in [4.78, 5) is 0. The van der Waals surface area contributed by atoms with Crippen LogP contribution < -0.4 is 5.30 Å². The molecule has 4 heteroatoms. The molecule has 1 N–H and O–H groups in total. The van der Waals surface area contributed by atoms with Gasteiger partial charge < -0.3 is 5.11 Å². The van der Waals surface area contributed by atoms with E-state index in [-0.39, 0.29) is 14.3 Å². The van der Waals surface area contributed by atoms with Crippen LogP contribution in [0.3, 0.4) is 0 Å². The van der Waals surface area contributed by atoms with E-state index in [0.717, 1.165) is 33.9 Å². The maximum absolute atomic E-state index is 14.5. The van der Waals surface area contributed by atoms with Gasteiger partial charge >= 0.3 is 0 Å². The highest BCUT2D eigenvalue weighted by molar-refractivity contribution is 7.48. The van der Waals surface area contributed by atoms with Crippen molar-refractivity contribution >= 4 is 13.9 Å². The van der Waals surface area contributed by atoms with Crippen LogP contribution in [0.25, 0.3) is 22.3 Å². The van der Waals surface area contributed by atoms with Gasteiger partial charge in [0.25, 0.3) is 0 Å². The molecule has 162 valence electrons. The minimum absolute atomic E-state index is 0.0240. The Morgan fingerprint density at radius 2 is 1.41 bits per heavy atom. The van der Waals surface area contributed by atoms with E-state index in [1.54, 1.807) is 0 Å². The Morgan fingerprint density at radius 3 is 2.00 bits per heavy atom. The second kappa shape index (κ2) is 9.22. The fourth-order valence-electron chi connectivity index (χ4n) is 3.92. The minimum atomic E-state index is -0.588. The molecule has 4 rings (SSSR count).